The molecule has 1 saturated heterocycles. The summed E-state index contributed by atoms with van der Waals surface area (Å²) >= 11 is 6.28. The van der Waals surface area contributed by atoms with Gasteiger partial charge < -0.3 is 14.6 Å². The van der Waals surface area contributed by atoms with Gasteiger partial charge in [-0.05, 0) is 30.7 Å². The highest BCUT2D eigenvalue weighted by Gasteiger charge is 2.23. The lowest BCUT2D eigenvalue weighted by Crippen LogP contribution is -2.35. The summed E-state index contributed by atoms with van der Waals surface area (Å²) < 4.78 is 10.7. The Kier molecular flexibility index (Phi) is 5.94. The van der Waals surface area contributed by atoms with Gasteiger partial charge in [0, 0.05) is 30.9 Å². The molecule has 0 bridgehead atoms. The summed E-state index contributed by atoms with van der Waals surface area (Å²) in [5.41, 5.74) is 3.40. The molecule has 1 aliphatic heterocycles. The fourth-order valence-corrected chi connectivity index (χ4v) is 3.61. The van der Waals surface area contributed by atoms with Crippen molar-refractivity contribution >= 4 is 23.2 Å². The number of aryl methyl sites for hydroxylation is 1. The van der Waals surface area contributed by atoms with E-state index in [1.54, 1.807) is 13.0 Å². The minimum absolute atomic E-state index is 0.278. The van der Waals surface area contributed by atoms with Crippen LogP contribution < -0.4 is 5.32 Å². The van der Waals surface area contributed by atoms with Crippen molar-refractivity contribution in [1.82, 2.24) is 10.1 Å². The van der Waals surface area contributed by atoms with Crippen LogP contribution in [0.5, 0.6) is 0 Å². The fourth-order valence-electron chi connectivity index (χ4n) is 3.38. The Morgan fingerprint density at radius 3 is 2.59 bits per heavy atom. The van der Waals surface area contributed by atoms with Gasteiger partial charge in [0.2, 0.25) is 0 Å². The number of amides is 1. The van der Waals surface area contributed by atoms with Crippen LogP contribution >= 0.6 is 11.6 Å². The number of morpholine rings is 1. The quantitative estimate of drug-likeness (QED) is 0.674. The van der Waals surface area contributed by atoms with Gasteiger partial charge in [-0.25, -0.2) is 0 Å². The van der Waals surface area contributed by atoms with Crippen molar-refractivity contribution in [2.24, 2.45) is 0 Å². The SMILES string of the molecule is Cc1onc(-c2ccccc2Cl)c1C(=O)Nc1ccc(CN2CCOCC2)cc1. The molecule has 1 N–H and O–H groups in total. The molecule has 2 heterocycles. The Labute approximate surface area is 174 Å². The molecule has 0 spiro atoms. The molecule has 3 aromatic rings. The molecule has 0 saturated carbocycles. The van der Waals surface area contributed by atoms with Gasteiger partial charge >= 0.3 is 0 Å². The number of rotatable bonds is 5. The Bertz CT molecular complexity index is 995. The third kappa shape index (κ3) is 4.50. The topological polar surface area (TPSA) is 67.6 Å². The summed E-state index contributed by atoms with van der Waals surface area (Å²) in [6, 6.07) is 15.1. The van der Waals surface area contributed by atoms with Crippen molar-refractivity contribution in [3.05, 3.63) is 70.4 Å². The molecule has 0 aliphatic carbocycles. The average molecular weight is 412 g/mol. The number of carbonyl (C=O) groups is 1. The van der Waals surface area contributed by atoms with Gasteiger partial charge in [-0.3, -0.25) is 9.69 Å². The Morgan fingerprint density at radius 2 is 1.86 bits per heavy atom. The van der Waals surface area contributed by atoms with E-state index in [9.17, 15) is 4.79 Å². The maximum atomic E-state index is 12.9. The van der Waals surface area contributed by atoms with Gasteiger partial charge in [0.05, 0.1) is 18.2 Å². The van der Waals surface area contributed by atoms with Crippen molar-refractivity contribution in [3.63, 3.8) is 0 Å². The minimum Gasteiger partial charge on any atom is -0.379 e. The first-order valence-electron chi connectivity index (χ1n) is 9.53. The monoisotopic (exact) mass is 411 g/mol. The van der Waals surface area contributed by atoms with Crippen LogP contribution in [0.15, 0.2) is 53.1 Å². The van der Waals surface area contributed by atoms with Crippen LogP contribution in [0.4, 0.5) is 5.69 Å². The van der Waals surface area contributed by atoms with Gasteiger partial charge in [-0.2, -0.15) is 0 Å². The van der Waals surface area contributed by atoms with Crippen LogP contribution in [0.3, 0.4) is 0 Å². The molecule has 150 valence electrons. The number of carbonyl (C=O) groups excluding carboxylic acids is 1. The second-order valence-corrected chi connectivity index (χ2v) is 7.39. The zero-order valence-corrected chi connectivity index (χ0v) is 16.9. The third-order valence-corrected chi connectivity index (χ3v) is 5.27. The molecule has 6 nitrogen and oxygen atoms in total. The average Bonchev–Trinajstić information content (AvgIpc) is 3.12. The van der Waals surface area contributed by atoms with E-state index in [2.05, 4.69) is 15.4 Å². The molecule has 4 rings (SSSR count). The van der Waals surface area contributed by atoms with E-state index < -0.39 is 0 Å². The van der Waals surface area contributed by atoms with Crippen molar-refractivity contribution in [3.8, 4) is 11.3 Å². The molecular weight excluding hydrogens is 390 g/mol. The standard InChI is InChI=1S/C22H22ClN3O3/c1-15-20(21(25-29-15)18-4-2-3-5-19(18)23)22(27)24-17-8-6-16(7-9-17)14-26-10-12-28-13-11-26/h2-9H,10-14H2,1H3,(H,24,27). The van der Waals surface area contributed by atoms with Crippen LogP contribution in [-0.2, 0) is 11.3 Å². The zero-order valence-electron chi connectivity index (χ0n) is 16.2. The highest BCUT2D eigenvalue weighted by molar-refractivity contribution is 6.33. The molecule has 29 heavy (non-hydrogen) atoms. The predicted molar refractivity (Wildman–Crippen MR) is 112 cm³/mol. The van der Waals surface area contributed by atoms with E-state index in [0.29, 0.717) is 33.3 Å². The summed E-state index contributed by atoms with van der Waals surface area (Å²) in [6.45, 7) is 6.03. The van der Waals surface area contributed by atoms with Gasteiger partial charge in [0.15, 0.2) is 0 Å². The normalized spacial score (nSPS) is 14.7. The molecule has 1 amide bonds. The minimum atomic E-state index is -0.278. The molecule has 0 radical (unpaired) electrons. The number of aromatic nitrogens is 1. The van der Waals surface area contributed by atoms with E-state index in [1.165, 1.54) is 5.56 Å². The number of ether oxygens (including phenoxy) is 1. The maximum Gasteiger partial charge on any atom is 0.261 e. The second kappa shape index (κ2) is 8.78. The molecule has 0 unspecified atom stereocenters. The van der Waals surface area contributed by atoms with Gasteiger partial charge in [-0.1, -0.05) is 47.1 Å². The summed E-state index contributed by atoms with van der Waals surface area (Å²) in [7, 11) is 0. The largest absolute Gasteiger partial charge is 0.379 e. The van der Waals surface area contributed by atoms with E-state index in [4.69, 9.17) is 20.9 Å². The first kappa shape index (κ1) is 19.6. The number of hydrogen-bond donors (Lipinski definition) is 1. The smallest absolute Gasteiger partial charge is 0.261 e. The first-order valence-corrected chi connectivity index (χ1v) is 9.91. The Balaban J connectivity index is 1.49. The lowest BCUT2D eigenvalue weighted by molar-refractivity contribution is 0.0342. The van der Waals surface area contributed by atoms with Crippen LogP contribution in [-0.4, -0.2) is 42.3 Å². The van der Waals surface area contributed by atoms with Gasteiger partial charge in [-0.15, -0.1) is 0 Å². The predicted octanol–water partition coefficient (Wildman–Crippen LogP) is 4.39. The number of nitrogens with zero attached hydrogens (tertiary/aromatic N) is 2. The summed E-state index contributed by atoms with van der Waals surface area (Å²) in [4.78, 5) is 15.3. The zero-order chi connectivity index (χ0) is 20.2. The lowest BCUT2D eigenvalue weighted by atomic mass is 10.1. The molecule has 7 heteroatoms. The van der Waals surface area contributed by atoms with E-state index in [-0.39, 0.29) is 5.91 Å². The van der Waals surface area contributed by atoms with Crippen molar-refractivity contribution < 1.29 is 14.1 Å². The number of halogens is 1. The van der Waals surface area contributed by atoms with Gasteiger partial charge in [0.25, 0.3) is 5.91 Å². The van der Waals surface area contributed by atoms with Crippen molar-refractivity contribution in [2.45, 2.75) is 13.5 Å². The fraction of sp³-hybridized carbons (Fsp3) is 0.273. The number of nitrogens with one attached hydrogen (secondary N) is 1. The van der Waals surface area contributed by atoms with Crippen LogP contribution in [0.1, 0.15) is 21.7 Å². The highest BCUT2D eigenvalue weighted by atomic mass is 35.5. The van der Waals surface area contributed by atoms with Crippen LogP contribution in [0, 0.1) is 6.92 Å². The van der Waals surface area contributed by atoms with Gasteiger partial charge in [0.1, 0.15) is 17.0 Å². The van der Waals surface area contributed by atoms with Crippen LogP contribution in [0.2, 0.25) is 5.02 Å². The summed E-state index contributed by atoms with van der Waals surface area (Å²) in [5.74, 6) is 0.168. The summed E-state index contributed by atoms with van der Waals surface area (Å²) in [5, 5.41) is 7.50. The maximum absolute atomic E-state index is 12.9. The molecule has 0 atom stereocenters. The molecule has 1 fully saturated rings. The molecule has 1 aromatic heterocycles. The highest BCUT2D eigenvalue weighted by Crippen LogP contribution is 2.31. The van der Waals surface area contributed by atoms with Crippen LogP contribution in [0.25, 0.3) is 11.3 Å². The third-order valence-electron chi connectivity index (χ3n) is 4.94. The number of benzene rings is 2. The summed E-state index contributed by atoms with van der Waals surface area (Å²) in [6.07, 6.45) is 0. The first-order chi connectivity index (χ1) is 14.1. The van der Waals surface area contributed by atoms with Crippen molar-refractivity contribution in [2.75, 3.05) is 31.6 Å². The Hall–Kier alpha value is -2.67. The lowest BCUT2D eigenvalue weighted by Gasteiger charge is -2.26. The number of anilines is 1. The molecule has 1 aliphatic rings. The Morgan fingerprint density at radius 1 is 1.14 bits per heavy atom. The van der Waals surface area contributed by atoms with Crippen molar-refractivity contribution in [1.29, 1.82) is 0 Å². The van der Waals surface area contributed by atoms with E-state index in [0.717, 1.165) is 32.8 Å². The molecular formula is C22H22ClN3O3. The second-order valence-electron chi connectivity index (χ2n) is 6.98. The van der Waals surface area contributed by atoms with E-state index in [1.807, 2.05) is 42.5 Å². The molecule has 2 aromatic carbocycles. The number of hydrogen-bond acceptors (Lipinski definition) is 5. The van der Waals surface area contributed by atoms with E-state index >= 15 is 0 Å².